The highest BCUT2D eigenvalue weighted by Crippen LogP contribution is 2.37. The Labute approximate surface area is 161 Å². The van der Waals surface area contributed by atoms with Crippen molar-refractivity contribution >= 4 is 19.2 Å². The van der Waals surface area contributed by atoms with Crippen molar-refractivity contribution in [2.24, 2.45) is 0 Å². The third-order valence-corrected chi connectivity index (χ3v) is 5.69. The standard InChI is InChI=1S/C19H29BN2O5/c1-13-14(10-11-20-26-18(2,3)19(4,5)27-20)16(17(23)24-6)21-22(13)15-9-7-8-12-25-15/h10-11,15H,7-9,12H2,1-6H3. The van der Waals surface area contributed by atoms with E-state index in [9.17, 15) is 4.79 Å². The maximum atomic E-state index is 12.2. The molecule has 0 aliphatic carbocycles. The van der Waals surface area contributed by atoms with E-state index in [1.807, 2.05) is 46.7 Å². The second kappa shape index (κ2) is 7.41. The van der Waals surface area contributed by atoms with Gasteiger partial charge in [-0.05, 0) is 53.9 Å². The molecule has 2 saturated heterocycles. The van der Waals surface area contributed by atoms with Crippen LogP contribution in [0.3, 0.4) is 0 Å². The molecule has 8 heteroatoms. The largest absolute Gasteiger partial charge is 0.487 e. The van der Waals surface area contributed by atoms with Gasteiger partial charge in [-0.2, -0.15) is 5.10 Å². The predicted molar refractivity (Wildman–Crippen MR) is 102 cm³/mol. The topological polar surface area (TPSA) is 71.8 Å². The highest BCUT2D eigenvalue weighted by molar-refractivity contribution is 6.52. The first-order valence-electron chi connectivity index (χ1n) is 9.49. The van der Waals surface area contributed by atoms with Crippen molar-refractivity contribution in [3.8, 4) is 0 Å². The van der Waals surface area contributed by atoms with Crippen LogP contribution in [0.25, 0.3) is 6.08 Å². The third kappa shape index (κ3) is 3.84. The molecule has 148 valence electrons. The van der Waals surface area contributed by atoms with Crippen molar-refractivity contribution < 1.29 is 23.6 Å². The Morgan fingerprint density at radius 2 is 1.93 bits per heavy atom. The lowest BCUT2D eigenvalue weighted by atomic mass is 9.89. The second-order valence-corrected chi connectivity index (χ2v) is 8.09. The molecular weight excluding hydrogens is 347 g/mol. The molecule has 2 aliphatic rings. The quantitative estimate of drug-likeness (QED) is 0.593. The van der Waals surface area contributed by atoms with Gasteiger partial charge in [-0.25, -0.2) is 9.48 Å². The van der Waals surface area contributed by atoms with Gasteiger partial charge < -0.3 is 18.8 Å². The highest BCUT2D eigenvalue weighted by atomic mass is 16.7. The molecule has 0 saturated carbocycles. The van der Waals surface area contributed by atoms with Crippen molar-refractivity contribution in [2.75, 3.05) is 13.7 Å². The van der Waals surface area contributed by atoms with Gasteiger partial charge in [0.25, 0.3) is 0 Å². The van der Waals surface area contributed by atoms with Crippen molar-refractivity contribution in [3.63, 3.8) is 0 Å². The third-order valence-electron chi connectivity index (χ3n) is 5.69. The van der Waals surface area contributed by atoms with Gasteiger partial charge in [0.2, 0.25) is 0 Å². The number of carbonyl (C=O) groups is 1. The van der Waals surface area contributed by atoms with Gasteiger partial charge in [-0.1, -0.05) is 12.1 Å². The summed E-state index contributed by atoms with van der Waals surface area (Å²) in [6.07, 6.45) is 4.69. The van der Waals surface area contributed by atoms with E-state index >= 15 is 0 Å². The minimum Gasteiger partial charge on any atom is -0.464 e. The van der Waals surface area contributed by atoms with E-state index in [0.717, 1.165) is 25.0 Å². The molecule has 0 aromatic carbocycles. The van der Waals surface area contributed by atoms with Crippen LogP contribution in [0, 0.1) is 6.92 Å². The van der Waals surface area contributed by atoms with Gasteiger partial charge in [0, 0.05) is 17.9 Å². The van der Waals surface area contributed by atoms with E-state index < -0.39 is 24.3 Å². The summed E-state index contributed by atoms with van der Waals surface area (Å²) in [5, 5.41) is 4.49. The molecule has 27 heavy (non-hydrogen) atoms. The molecule has 2 fully saturated rings. The zero-order chi connectivity index (χ0) is 19.8. The van der Waals surface area contributed by atoms with Crippen LogP contribution < -0.4 is 0 Å². The molecule has 3 rings (SSSR count). The first kappa shape index (κ1) is 20.1. The van der Waals surface area contributed by atoms with Gasteiger partial charge in [-0.15, -0.1) is 0 Å². The number of hydrogen-bond donors (Lipinski definition) is 0. The van der Waals surface area contributed by atoms with Crippen molar-refractivity contribution in [3.05, 3.63) is 22.9 Å². The Hall–Kier alpha value is -1.64. The first-order valence-corrected chi connectivity index (χ1v) is 9.49. The van der Waals surface area contributed by atoms with Crippen LogP contribution in [0.4, 0.5) is 0 Å². The Bertz CT molecular complexity index is 719. The van der Waals surface area contributed by atoms with Gasteiger partial charge in [0.1, 0.15) is 6.23 Å². The van der Waals surface area contributed by atoms with E-state index in [4.69, 9.17) is 18.8 Å². The number of nitrogens with zero attached hydrogens (tertiary/aromatic N) is 2. The maximum absolute atomic E-state index is 12.2. The Balaban J connectivity index is 1.89. The normalized spacial score (nSPS) is 24.5. The first-order chi connectivity index (χ1) is 12.7. The molecule has 1 atom stereocenters. The number of hydrogen-bond acceptors (Lipinski definition) is 6. The average Bonchev–Trinajstić information content (AvgIpc) is 3.05. The lowest BCUT2D eigenvalue weighted by Crippen LogP contribution is -2.41. The highest BCUT2D eigenvalue weighted by Gasteiger charge is 2.50. The molecule has 1 aromatic rings. The van der Waals surface area contributed by atoms with E-state index in [1.165, 1.54) is 7.11 Å². The maximum Gasteiger partial charge on any atom is 0.487 e. The van der Waals surface area contributed by atoms with Gasteiger partial charge in [0.05, 0.1) is 18.3 Å². The molecular formula is C19H29BN2O5. The monoisotopic (exact) mass is 376 g/mol. The Morgan fingerprint density at radius 1 is 1.26 bits per heavy atom. The zero-order valence-corrected chi connectivity index (χ0v) is 17.1. The molecule has 1 aromatic heterocycles. The molecule has 1 unspecified atom stereocenters. The molecule has 2 aliphatic heterocycles. The van der Waals surface area contributed by atoms with Gasteiger partial charge in [0.15, 0.2) is 5.69 Å². The second-order valence-electron chi connectivity index (χ2n) is 8.09. The average molecular weight is 376 g/mol. The number of rotatable bonds is 4. The number of esters is 1. The smallest absolute Gasteiger partial charge is 0.464 e. The molecule has 0 N–H and O–H groups in total. The minimum atomic E-state index is -0.492. The molecule has 0 amide bonds. The molecule has 0 spiro atoms. The van der Waals surface area contributed by atoms with Crippen molar-refractivity contribution in [2.45, 2.75) is 71.3 Å². The number of ether oxygens (including phenoxy) is 2. The van der Waals surface area contributed by atoms with Crippen molar-refractivity contribution in [1.29, 1.82) is 0 Å². The Kier molecular flexibility index (Phi) is 5.52. The fourth-order valence-electron chi connectivity index (χ4n) is 3.32. The van der Waals surface area contributed by atoms with E-state index in [-0.39, 0.29) is 11.9 Å². The molecule has 0 radical (unpaired) electrons. The lowest BCUT2D eigenvalue weighted by Gasteiger charge is -2.32. The van der Waals surface area contributed by atoms with Crippen LogP contribution >= 0.6 is 0 Å². The van der Waals surface area contributed by atoms with Gasteiger partial charge in [-0.3, -0.25) is 0 Å². The summed E-state index contributed by atoms with van der Waals surface area (Å²) in [7, 11) is 0.865. The number of carbonyl (C=O) groups excluding carboxylic acids is 1. The minimum absolute atomic E-state index is 0.152. The van der Waals surface area contributed by atoms with Crippen molar-refractivity contribution in [1.82, 2.24) is 9.78 Å². The fraction of sp³-hybridized carbons (Fsp3) is 0.684. The summed E-state index contributed by atoms with van der Waals surface area (Å²) in [6, 6.07) is 0. The SMILES string of the molecule is COC(=O)c1nn(C2CCCCO2)c(C)c1C=CB1OC(C)(C)C(C)(C)O1. The van der Waals surface area contributed by atoms with Gasteiger partial charge >= 0.3 is 13.1 Å². The summed E-state index contributed by atoms with van der Waals surface area (Å²) < 4.78 is 24.5. The Morgan fingerprint density at radius 3 is 2.48 bits per heavy atom. The van der Waals surface area contributed by atoms with Crippen LogP contribution in [-0.2, 0) is 18.8 Å². The summed E-state index contributed by atoms with van der Waals surface area (Å²) in [5.41, 5.74) is 1.00. The summed E-state index contributed by atoms with van der Waals surface area (Å²) in [4.78, 5) is 12.2. The zero-order valence-electron chi connectivity index (χ0n) is 17.1. The fourth-order valence-corrected chi connectivity index (χ4v) is 3.32. The molecule has 7 nitrogen and oxygen atoms in total. The van der Waals surface area contributed by atoms with E-state index in [1.54, 1.807) is 4.68 Å². The summed E-state index contributed by atoms with van der Waals surface area (Å²) in [6.45, 7) is 10.7. The van der Waals surface area contributed by atoms with E-state index in [0.29, 0.717) is 12.2 Å². The summed E-state index contributed by atoms with van der Waals surface area (Å²) >= 11 is 0. The summed E-state index contributed by atoms with van der Waals surface area (Å²) in [5.74, 6) is 1.35. The molecule has 0 bridgehead atoms. The van der Waals surface area contributed by atoms with Crippen LogP contribution in [0.15, 0.2) is 5.98 Å². The molecule has 3 heterocycles. The number of aromatic nitrogens is 2. The van der Waals surface area contributed by atoms with E-state index in [2.05, 4.69) is 5.10 Å². The van der Waals surface area contributed by atoms with Crippen LogP contribution in [0.1, 0.15) is 74.9 Å². The number of methoxy groups -OCH3 is 1. The van der Waals surface area contributed by atoms with Crippen LogP contribution in [0.5, 0.6) is 0 Å². The van der Waals surface area contributed by atoms with Crippen LogP contribution in [0.2, 0.25) is 0 Å². The predicted octanol–water partition coefficient (Wildman–Crippen LogP) is 3.32. The lowest BCUT2D eigenvalue weighted by molar-refractivity contribution is -0.0408. The van der Waals surface area contributed by atoms with Crippen LogP contribution in [-0.4, -0.2) is 47.8 Å².